The number of carbonyl (C=O) groups is 2. The molecule has 7 rings (SSSR count). The Morgan fingerprint density at radius 2 is 1.54 bits per heavy atom. The molecular weight excluding hydrogens is 482 g/mol. The maximum atomic E-state index is 13.5. The minimum atomic E-state index is -0.166. The highest BCUT2D eigenvalue weighted by atomic mass is 16.2. The van der Waals surface area contributed by atoms with Crippen LogP contribution < -0.4 is 16.0 Å². The topological polar surface area (TPSA) is 70.2 Å². The SMILES string of the molecule is O=C(Nc1ccccc1C(=O)NC1CCCCC1)c1ccc2c(c1)[C@@H]1[C@H]3CC[C@@H](C3)[C@H]1[C@@H](c1ccccc1)N2. The Morgan fingerprint density at radius 3 is 2.38 bits per heavy atom. The molecule has 5 heteroatoms. The molecule has 1 heterocycles. The summed E-state index contributed by atoms with van der Waals surface area (Å²) in [5, 5.41) is 10.1. The number of benzene rings is 3. The lowest BCUT2D eigenvalue weighted by atomic mass is 9.68. The van der Waals surface area contributed by atoms with Gasteiger partial charge in [-0.3, -0.25) is 9.59 Å². The number of para-hydroxylation sites is 1. The van der Waals surface area contributed by atoms with E-state index in [1.165, 1.54) is 36.8 Å². The van der Waals surface area contributed by atoms with E-state index in [9.17, 15) is 9.59 Å². The second-order valence-electron chi connectivity index (χ2n) is 12.1. The Hall–Kier alpha value is -3.60. The summed E-state index contributed by atoms with van der Waals surface area (Å²) < 4.78 is 0. The largest absolute Gasteiger partial charge is 0.378 e. The van der Waals surface area contributed by atoms with Crippen LogP contribution in [-0.2, 0) is 0 Å². The van der Waals surface area contributed by atoms with Gasteiger partial charge in [-0.25, -0.2) is 0 Å². The molecule has 3 saturated carbocycles. The van der Waals surface area contributed by atoms with E-state index in [2.05, 4.69) is 58.4 Å². The van der Waals surface area contributed by atoms with Crippen LogP contribution in [0.25, 0.3) is 0 Å². The lowest BCUT2D eigenvalue weighted by Gasteiger charge is -2.43. The van der Waals surface area contributed by atoms with Crippen molar-refractivity contribution < 1.29 is 9.59 Å². The monoisotopic (exact) mass is 519 g/mol. The second-order valence-corrected chi connectivity index (χ2v) is 12.1. The molecule has 0 radical (unpaired) electrons. The summed E-state index contributed by atoms with van der Waals surface area (Å²) in [5.41, 5.74) is 5.54. The van der Waals surface area contributed by atoms with Gasteiger partial charge in [-0.15, -0.1) is 0 Å². The first-order valence-electron chi connectivity index (χ1n) is 14.8. The average Bonchev–Trinajstić information content (AvgIpc) is 3.61. The van der Waals surface area contributed by atoms with Crippen molar-refractivity contribution in [2.75, 3.05) is 10.6 Å². The van der Waals surface area contributed by atoms with Crippen LogP contribution >= 0.6 is 0 Å². The number of hydrogen-bond donors (Lipinski definition) is 3. The van der Waals surface area contributed by atoms with Gasteiger partial charge in [0.15, 0.2) is 0 Å². The van der Waals surface area contributed by atoms with Crippen molar-refractivity contribution in [2.45, 2.75) is 69.4 Å². The number of hydrogen-bond acceptors (Lipinski definition) is 3. The van der Waals surface area contributed by atoms with E-state index in [-0.39, 0.29) is 17.9 Å². The Balaban J connectivity index is 1.14. The van der Waals surface area contributed by atoms with E-state index in [4.69, 9.17) is 0 Å². The van der Waals surface area contributed by atoms with Crippen molar-refractivity contribution in [3.05, 3.63) is 95.1 Å². The van der Waals surface area contributed by atoms with E-state index in [0.717, 1.165) is 37.3 Å². The molecule has 0 unspecified atom stereocenters. The van der Waals surface area contributed by atoms with Crippen LogP contribution in [0.5, 0.6) is 0 Å². The van der Waals surface area contributed by atoms with Gasteiger partial charge in [0.2, 0.25) is 0 Å². The number of rotatable bonds is 5. The first kappa shape index (κ1) is 24.4. The van der Waals surface area contributed by atoms with E-state index in [1.54, 1.807) is 6.07 Å². The molecule has 5 nitrogen and oxygen atoms in total. The summed E-state index contributed by atoms with van der Waals surface area (Å²) in [4.78, 5) is 26.7. The predicted octanol–water partition coefficient (Wildman–Crippen LogP) is 7.30. The quantitative estimate of drug-likeness (QED) is 0.331. The number of anilines is 2. The number of amides is 2. The van der Waals surface area contributed by atoms with Crippen LogP contribution in [0, 0.1) is 17.8 Å². The van der Waals surface area contributed by atoms with Crippen molar-refractivity contribution in [3.8, 4) is 0 Å². The Morgan fingerprint density at radius 1 is 0.769 bits per heavy atom. The summed E-state index contributed by atoms with van der Waals surface area (Å²) in [6, 6.07) is 24.8. The minimum Gasteiger partial charge on any atom is -0.378 e. The fourth-order valence-corrected chi connectivity index (χ4v) is 8.11. The van der Waals surface area contributed by atoms with Gasteiger partial charge in [0.1, 0.15) is 0 Å². The summed E-state index contributed by atoms with van der Waals surface area (Å²) in [6.45, 7) is 0. The third kappa shape index (κ3) is 4.52. The molecule has 3 fully saturated rings. The van der Waals surface area contributed by atoms with E-state index in [0.29, 0.717) is 40.6 Å². The molecule has 2 bridgehead atoms. The van der Waals surface area contributed by atoms with Gasteiger partial charge in [-0.05, 0) is 97.2 Å². The van der Waals surface area contributed by atoms with Gasteiger partial charge in [0.25, 0.3) is 11.8 Å². The fraction of sp³-hybridized carbons (Fsp3) is 0.412. The fourth-order valence-electron chi connectivity index (χ4n) is 8.11. The molecule has 0 spiro atoms. The van der Waals surface area contributed by atoms with Crippen LogP contribution in [0.3, 0.4) is 0 Å². The summed E-state index contributed by atoms with van der Waals surface area (Å²) in [6.07, 6.45) is 9.50. The molecule has 3 aromatic carbocycles. The van der Waals surface area contributed by atoms with Gasteiger partial charge in [0.05, 0.1) is 17.3 Å². The van der Waals surface area contributed by atoms with Crippen LogP contribution in [0.1, 0.15) is 95.2 Å². The zero-order chi connectivity index (χ0) is 26.3. The zero-order valence-electron chi connectivity index (χ0n) is 22.4. The third-order valence-electron chi connectivity index (χ3n) is 9.87. The Labute approximate surface area is 230 Å². The summed E-state index contributed by atoms with van der Waals surface area (Å²) >= 11 is 0. The molecule has 39 heavy (non-hydrogen) atoms. The molecule has 0 saturated heterocycles. The average molecular weight is 520 g/mol. The van der Waals surface area contributed by atoms with Gasteiger partial charge in [0, 0.05) is 17.3 Å². The van der Waals surface area contributed by atoms with Crippen molar-refractivity contribution in [3.63, 3.8) is 0 Å². The lowest BCUT2D eigenvalue weighted by Crippen LogP contribution is -2.36. The number of carbonyl (C=O) groups excluding carboxylic acids is 2. The summed E-state index contributed by atoms with van der Waals surface area (Å²) in [5.74, 6) is 2.19. The highest BCUT2D eigenvalue weighted by molar-refractivity contribution is 6.09. The molecule has 3 N–H and O–H groups in total. The van der Waals surface area contributed by atoms with E-state index in [1.807, 2.05) is 24.3 Å². The number of fused-ring (bicyclic) bond motifs is 7. The maximum Gasteiger partial charge on any atom is 0.255 e. The van der Waals surface area contributed by atoms with E-state index >= 15 is 0 Å². The standard InChI is InChI=1S/C34H37N3O2/c38-33(37-28-14-8-7-13-26(28)34(39)35-25-11-5-2-6-12-25)24-17-18-29-27(20-24)30-22-15-16-23(19-22)31(30)32(36-29)21-9-3-1-4-10-21/h1,3-4,7-10,13-14,17-18,20,22-23,25,30-32,36H,2,5-6,11-12,15-16,19H2,(H,35,39)(H,37,38)/t22-,23-,30-,31+,32+/m0/s1. The van der Waals surface area contributed by atoms with Gasteiger partial charge in [-0.1, -0.05) is 61.7 Å². The Bertz CT molecular complexity index is 1380. The second kappa shape index (κ2) is 10.2. The molecular formula is C34H37N3O2. The van der Waals surface area contributed by atoms with Crippen molar-refractivity contribution in [1.82, 2.24) is 5.32 Å². The minimum absolute atomic E-state index is 0.107. The van der Waals surface area contributed by atoms with Crippen LogP contribution in [0.4, 0.5) is 11.4 Å². The third-order valence-corrected chi connectivity index (χ3v) is 9.87. The van der Waals surface area contributed by atoms with Crippen LogP contribution in [0.15, 0.2) is 72.8 Å². The van der Waals surface area contributed by atoms with Crippen LogP contribution in [0.2, 0.25) is 0 Å². The van der Waals surface area contributed by atoms with Gasteiger partial charge < -0.3 is 16.0 Å². The normalized spacial score (nSPS) is 27.2. The molecule has 0 aromatic heterocycles. The van der Waals surface area contributed by atoms with Crippen molar-refractivity contribution in [1.29, 1.82) is 0 Å². The zero-order valence-corrected chi connectivity index (χ0v) is 22.4. The summed E-state index contributed by atoms with van der Waals surface area (Å²) in [7, 11) is 0. The molecule has 200 valence electrons. The highest BCUT2D eigenvalue weighted by Gasteiger charge is 2.53. The first-order chi connectivity index (χ1) is 19.2. The highest BCUT2D eigenvalue weighted by Crippen LogP contribution is 2.63. The molecule has 5 atom stereocenters. The molecule has 4 aliphatic rings. The van der Waals surface area contributed by atoms with Crippen LogP contribution in [-0.4, -0.2) is 17.9 Å². The van der Waals surface area contributed by atoms with Crippen molar-refractivity contribution >= 4 is 23.2 Å². The maximum absolute atomic E-state index is 13.5. The Kier molecular flexibility index (Phi) is 6.38. The number of nitrogens with one attached hydrogen (secondary N) is 3. The first-order valence-corrected chi connectivity index (χ1v) is 14.8. The van der Waals surface area contributed by atoms with E-state index < -0.39 is 0 Å². The molecule has 2 amide bonds. The van der Waals surface area contributed by atoms with Gasteiger partial charge in [-0.2, -0.15) is 0 Å². The molecule has 1 aliphatic heterocycles. The molecule has 3 aliphatic carbocycles. The van der Waals surface area contributed by atoms with Gasteiger partial charge >= 0.3 is 0 Å². The van der Waals surface area contributed by atoms with Crippen molar-refractivity contribution in [2.24, 2.45) is 17.8 Å². The predicted molar refractivity (Wildman–Crippen MR) is 155 cm³/mol. The molecule has 3 aromatic rings. The lowest BCUT2D eigenvalue weighted by molar-refractivity contribution is 0.0928. The smallest absolute Gasteiger partial charge is 0.255 e.